The Kier molecular flexibility index (Phi) is 3.69. The van der Waals surface area contributed by atoms with Gasteiger partial charge in [0.25, 0.3) is 0 Å². The van der Waals surface area contributed by atoms with Crippen LogP contribution in [0.1, 0.15) is 9.75 Å². The summed E-state index contributed by atoms with van der Waals surface area (Å²) >= 11 is 2.43. The maximum atomic E-state index is 11.3. The van der Waals surface area contributed by atoms with Crippen LogP contribution in [0.15, 0.2) is 46.5 Å². The second kappa shape index (κ2) is 5.40. The molecule has 2 aromatic heterocycles. The number of thiophene rings is 2. The van der Waals surface area contributed by atoms with Crippen molar-refractivity contribution in [2.75, 3.05) is 0 Å². The summed E-state index contributed by atoms with van der Waals surface area (Å²) in [4.78, 5) is 12.2. The third-order valence-electron chi connectivity index (χ3n) is 3.45. The zero-order valence-electron chi connectivity index (χ0n) is 11.0. The SMILES string of the molecule is O=C1O[C@H]([C@@H](O)C(O)(c2cccs2)c2cccs2)C(O)=C1O. The predicted octanol–water partition coefficient (Wildman–Crippen LogP) is 1.66. The van der Waals surface area contributed by atoms with Crippen molar-refractivity contribution in [1.29, 1.82) is 0 Å². The van der Waals surface area contributed by atoms with E-state index in [0.29, 0.717) is 9.75 Å². The molecule has 0 unspecified atom stereocenters. The largest absolute Gasteiger partial charge is 0.505 e. The molecule has 0 amide bonds. The summed E-state index contributed by atoms with van der Waals surface area (Å²) in [7, 11) is 0. The average molecular weight is 340 g/mol. The summed E-state index contributed by atoms with van der Waals surface area (Å²) in [6.07, 6.45) is -3.22. The number of cyclic esters (lactones) is 1. The second-order valence-electron chi connectivity index (χ2n) is 4.73. The molecule has 0 radical (unpaired) electrons. The van der Waals surface area contributed by atoms with E-state index < -0.39 is 35.3 Å². The number of esters is 1. The fraction of sp³-hybridized carbons (Fsp3) is 0.214. The highest BCUT2D eigenvalue weighted by Gasteiger charge is 2.51. The van der Waals surface area contributed by atoms with Crippen LogP contribution in [0.4, 0.5) is 0 Å². The molecule has 6 nitrogen and oxygen atoms in total. The van der Waals surface area contributed by atoms with E-state index in [4.69, 9.17) is 4.74 Å². The smallest absolute Gasteiger partial charge is 0.377 e. The Bertz CT molecular complexity index is 670. The van der Waals surface area contributed by atoms with Crippen molar-refractivity contribution >= 4 is 28.6 Å². The van der Waals surface area contributed by atoms with Crippen molar-refractivity contribution in [2.24, 2.45) is 0 Å². The number of carbonyl (C=O) groups is 1. The summed E-state index contributed by atoms with van der Waals surface area (Å²) in [5.41, 5.74) is -1.87. The summed E-state index contributed by atoms with van der Waals surface area (Å²) in [5.74, 6) is -2.88. The molecule has 1 aliphatic rings. The Morgan fingerprint density at radius 2 is 1.68 bits per heavy atom. The standard InChI is InChI=1S/C14H12O6S2/c15-9-10(16)13(18)20-11(9)12(17)14(19,7-3-1-5-21-7)8-4-2-6-22-8/h1-6,11-12,15-17,19H/t11-,12+/m0/s1. The Morgan fingerprint density at radius 1 is 1.14 bits per heavy atom. The number of carbonyl (C=O) groups excluding carboxylic acids is 1. The lowest BCUT2D eigenvalue weighted by molar-refractivity contribution is -0.156. The molecule has 0 saturated carbocycles. The van der Waals surface area contributed by atoms with E-state index in [1.165, 1.54) is 22.7 Å². The maximum Gasteiger partial charge on any atom is 0.377 e. The van der Waals surface area contributed by atoms with Gasteiger partial charge in [0.2, 0.25) is 5.76 Å². The van der Waals surface area contributed by atoms with Gasteiger partial charge in [0.1, 0.15) is 6.10 Å². The first-order valence-electron chi connectivity index (χ1n) is 6.27. The lowest BCUT2D eigenvalue weighted by Gasteiger charge is -2.33. The van der Waals surface area contributed by atoms with Gasteiger partial charge in [0.15, 0.2) is 17.5 Å². The van der Waals surface area contributed by atoms with Crippen LogP contribution in [0.25, 0.3) is 0 Å². The first kappa shape index (κ1) is 15.0. The highest BCUT2D eigenvalue weighted by atomic mass is 32.1. The van der Waals surface area contributed by atoms with E-state index in [-0.39, 0.29) is 0 Å². The van der Waals surface area contributed by atoms with Gasteiger partial charge in [-0.3, -0.25) is 0 Å². The van der Waals surface area contributed by atoms with E-state index in [2.05, 4.69) is 0 Å². The van der Waals surface area contributed by atoms with Crippen molar-refractivity contribution in [1.82, 2.24) is 0 Å². The third kappa shape index (κ3) is 2.12. The van der Waals surface area contributed by atoms with Crippen LogP contribution < -0.4 is 0 Å². The van der Waals surface area contributed by atoms with Crippen LogP contribution in [-0.2, 0) is 15.1 Å². The highest BCUT2D eigenvalue weighted by Crippen LogP contribution is 2.41. The maximum absolute atomic E-state index is 11.3. The monoisotopic (exact) mass is 340 g/mol. The molecule has 2 aromatic rings. The number of rotatable bonds is 4. The van der Waals surface area contributed by atoms with Gasteiger partial charge in [0.05, 0.1) is 0 Å². The van der Waals surface area contributed by atoms with E-state index >= 15 is 0 Å². The molecule has 22 heavy (non-hydrogen) atoms. The van der Waals surface area contributed by atoms with Crippen molar-refractivity contribution in [3.63, 3.8) is 0 Å². The lowest BCUT2D eigenvalue weighted by atomic mass is 9.88. The summed E-state index contributed by atoms with van der Waals surface area (Å²) in [6, 6.07) is 6.67. The van der Waals surface area contributed by atoms with Crippen LogP contribution in [0, 0.1) is 0 Å². The molecule has 2 atom stereocenters. The Labute approximate surface area is 133 Å². The number of aliphatic hydroxyl groups excluding tert-OH is 3. The molecule has 8 heteroatoms. The van der Waals surface area contributed by atoms with Gasteiger partial charge in [0, 0.05) is 9.75 Å². The molecule has 3 rings (SSSR count). The fourth-order valence-electron chi connectivity index (χ4n) is 2.30. The molecule has 0 saturated heterocycles. The van der Waals surface area contributed by atoms with E-state index in [1.807, 2.05) is 0 Å². The molecule has 0 spiro atoms. The van der Waals surface area contributed by atoms with Gasteiger partial charge < -0.3 is 25.2 Å². The first-order chi connectivity index (χ1) is 10.5. The summed E-state index contributed by atoms with van der Waals surface area (Å²) in [5, 5.41) is 44.3. The molecular weight excluding hydrogens is 328 g/mol. The third-order valence-corrected chi connectivity index (χ3v) is 5.44. The van der Waals surface area contributed by atoms with Crippen molar-refractivity contribution in [3.8, 4) is 0 Å². The molecule has 4 N–H and O–H groups in total. The molecule has 1 aliphatic heterocycles. The van der Waals surface area contributed by atoms with E-state index in [9.17, 15) is 25.2 Å². The van der Waals surface area contributed by atoms with E-state index in [1.54, 1.807) is 35.0 Å². The number of ether oxygens (including phenoxy) is 1. The second-order valence-corrected chi connectivity index (χ2v) is 6.62. The Morgan fingerprint density at radius 3 is 2.05 bits per heavy atom. The minimum atomic E-state index is -1.87. The fourth-order valence-corrected chi connectivity index (χ4v) is 4.11. The van der Waals surface area contributed by atoms with E-state index in [0.717, 1.165) is 0 Å². The van der Waals surface area contributed by atoms with Crippen LogP contribution in [-0.4, -0.2) is 38.6 Å². The van der Waals surface area contributed by atoms with Gasteiger partial charge in [-0.05, 0) is 22.9 Å². The van der Waals surface area contributed by atoms with Crippen LogP contribution >= 0.6 is 22.7 Å². The zero-order chi connectivity index (χ0) is 15.9. The summed E-state index contributed by atoms with van der Waals surface area (Å²) in [6.45, 7) is 0. The number of aliphatic hydroxyl groups is 4. The Balaban J connectivity index is 2.07. The molecule has 116 valence electrons. The molecule has 0 bridgehead atoms. The summed E-state index contributed by atoms with van der Waals surface area (Å²) < 4.78 is 4.78. The zero-order valence-corrected chi connectivity index (χ0v) is 12.7. The lowest BCUT2D eigenvalue weighted by Crippen LogP contribution is -2.47. The molecule has 3 heterocycles. The van der Waals surface area contributed by atoms with Crippen LogP contribution in [0.3, 0.4) is 0 Å². The topological polar surface area (TPSA) is 107 Å². The number of hydrogen-bond donors (Lipinski definition) is 4. The van der Waals surface area contributed by atoms with Crippen molar-refractivity contribution in [3.05, 3.63) is 56.3 Å². The minimum Gasteiger partial charge on any atom is -0.505 e. The molecule has 0 aliphatic carbocycles. The van der Waals surface area contributed by atoms with Gasteiger partial charge >= 0.3 is 5.97 Å². The van der Waals surface area contributed by atoms with Crippen molar-refractivity contribution < 1.29 is 30.0 Å². The van der Waals surface area contributed by atoms with Crippen LogP contribution in [0.5, 0.6) is 0 Å². The molecule has 0 aromatic carbocycles. The van der Waals surface area contributed by atoms with Gasteiger partial charge in [-0.15, -0.1) is 22.7 Å². The van der Waals surface area contributed by atoms with Gasteiger partial charge in [-0.25, -0.2) is 4.79 Å². The van der Waals surface area contributed by atoms with Crippen LogP contribution in [0.2, 0.25) is 0 Å². The first-order valence-corrected chi connectivity index (χ1v) is 8.03. The quantitative estimate of drug-likeness (QED) is 0.631. The van der Waals surface area contributed by atoms with Gasteiger partial charge in [-0.2, -0.15) is 0 Å². The highest BCUT2D eigenvalue weighted by molar-refractivity contribution is 7.11. The Hall–Kier alpha value is -1.87. The number of hydrogen-bond acceptors (Lipinski definition) is 8. The predicted molar refractivity (Wildman–Crippen MR) is 79.8 cm³/mol. The molecule has 0 fully saturated rings. The van der Waals surface area contributed by atoms with Gasteiger partial charge in [-0.1, -0.05) is 12.1 Å². The average Bonchev–Trinajstić information content (AvgIpc) is 3.25. The van der Waals surface area contributed by atoms with Crippen molar-refractivity contribution in [2.45, 2.75) is 17.8 Å². The molecular formula is C14H12O6S2. The minimum absolute atomic E-state index is 0.428. The normalized spacial score (nSPS) is 20.3.